The van der Waals surface area contributed by atoms with Crippen LogP contribution < -0.4 is 0 Å². The van der Waals surface area contributed by atoms with Crippen LogP contribution in [0.3, 0.4) is 0 Å². The van der Waals surface area contributed by atoms with Crippen molar-refractivity contribution < 1.29 is 18.0 Å². The minimum atomic E-state index is -4.54. The number of hydrogen-bond donors (Lipinski definition) is 0. The molecule has 0 aliphatic heterocycles. The maximum atomic E-state index is 12.8. The predicted octanol–water partition coefficient (Wildman–Crippen LogP) is 4.43. The zero-order valence-corrected chi connectivity index (χ0v) is 11.3. The molecule has 0 atom stereocenters. The summed E-state index contributed by atoms with van der Waals surface area (Å²) in [6, 6.07) is 3.64. The van der Waals surface area contributed by atoms with Crippen LogP contribution in [-0.4, -0.2) is 11.3 Å². The van der Waals surface area contributed by atoms with E-state index in [0.717, 1.165) is 23.5 Å². The number of aryl methyl sites for hydroxylation is 1. The van der Waals surface area contributed by atoms with E-state index in [4.69, 9.17) is 0 Å². The van der Waals surface area contributed by atoms with Crippen molar-refractivity contribution in [3.05, 3.63) is 40.4 Å². The van der Waals surface area contributed by atoms with Gasteiger partial charge in [-0.15, -0.1) is 11.3 Å². The summed E-state index contributed by atoms with van der Waals surface area (Å²) < 4.78 is 39.0. The maximum absolute atomic E-state index is 12.8. The number of rotatable bonds is 3. The molecule has 2 nitrogen and oxygen atoms in total. The SMILES string of the molecule is Cc1csc(Sc2ccc(C=O)c(C(F)(F)F)c2)n1. The van der Waals surface area contributed by atoms with Gasteiger partial charge in [-0.2, -0.15) is 13.2 Å². The van der Waals surface area contributed by atoms with E-state index in [1.165, 1.54) is 23.5 Å². The molecule has 0 saturated carbocycles. The zero-order chi connectivity index (χ0) is 14.0. The molecule has 0 bridgehead atoms. The lowest BCUT2D eigenvalue weighted by Gasteiger charge is -2.10. The molecule has 100 valence electrons. The molecule has 0 N–H and O–H groups in total. The summed E-state index contributed by atoms with van der Waals surface area (Å²) in [6.07, 6.45) is -4.32. The Morgan fingerprint density at radius 1 is 1.37 bits per heavy atom. The summed E-state index contributed by atoms with van der Waals surface area (Å²) in [7, 11) is 0. The van der Waals surface area contributed by atoms with Crippen molar-refractivity contribution in [1.29, 1.82) is 0 Å². The first-order valence-corrected chi connectivity index (χ1v) is 6.86. The highest BCUT2D eigenvalue weighted by atomic mass is 32.2. The quantitative estimate of drug-likeness (QED) is 0.785. The number of thiazole rings is 1. The second kappa shape index (κ2) is 5.34. The average molecular weight is 303 g/mol. The normalized spacial score (nSPS) is 11.6. The first kappa shape index (κ1) is 14.1. The van der Waals surface area contributed by atoms with Gasteiger partial charge >= 0.3 is 6.18 Å². The van der Waals surface area contributed by atoms with E-state index in [1.54, 1.807) is 0 Å². The number of aromatic nitrogens is 1. The molecule has 1 aromatic carbocycles. The van der Waals surface area contributed by atoms with E-state index in [2.05, 4.69) is 4.98 Å². The number of aldehydes is 1. The lowest BCUT2D eigenvalue weighted by Crippen LogP contribution is -2.08. The monoisotopic (exact) mass is 303 g/mol. The summed E-state index contributed by atoms with van der Waals surface area (Å²) in [6.45, 7) is 1.82. The fraction of sp³-hybridized carbons (Fsp3) is 0.167. The number of carbonyl (C=O) groups excluding carboxylic acids is 1. The molecule has 2 aromatic rings. The van der Waals surface area contributed by atoms with Gasteiger partial charge in [0.25, 0.3) is 0 Å². The molecule has 19 heavy (non-hydrogen) atoms. The minimum absolute atomic E-state index is 0.213. The Morgan fingerprint density at radius 2 is 2.11 bits per heavy atom. The van der Waals surface area contributed by atoms with E-state index in [0.29, 0.717) is 9.24 Å². The van der Waals surface area contributed by atoms with Crippen LogP contribution in [0.5, 0.6) is 0 Å². The van der Waals surface area contributed by atoms with Crippen molar-refractivity contribution in [2.45, 2.75) is 22.3 Å². The van der Waals surface area contributed by atoms with Crippen LogP contribution in [-0.2, 0) is 6.18 Å². The fourth-order valence-electron chi connectivity index (χ4n) is 1.43. The summed E-state index contributed by atoms with van der Waals surface area (Å²) in [5.41, 5.74) is -0.444. The standard InChI is InChI=1S/C12H8F3NOS2/c1-7-6-18-11(16-7)19-9-3-2-8(5-17)10(4-9)12(13,14)15/h2-6H,1H3. The molecule has 0 fully saturated rings. The van der Waals surface area contributed by atoms with Crippen LogP contribution in [0.4, 0.5) is 13.2 Å². The van der Waals surface area contributed by atoms with E-state index in [-0.39, 0.29) is 11.8 Å². The predicted molar refractivity (Wildman–Crippen MR) is 67.8 cm³/mol. The molecule has 0 saturated heterocycles. The van der Waals surface area contributed by atoms with Gasteiger partial charge in [0.2, 0.25) is 0 Å². The number of alkyl halides is 3. The van der Waals surface area contributed by atoms with Crippen LogP contribution in [0.15, 0.2) is 32.8 Å². The van der Waals surface area contributed by atoms with Crippen LogP contribution in [0.25, 0.3) is 0 Å². The largest absolute Gasteiger partial charge is 0.417 e. The van der Waals surface area contributed by atoms with Gasteiger partial charge in [-0.05, 0) is 25.1 Å². The second-order valence-electron chi connectivity index (χ2n) is 3.72. The molecule has 0 aliphatic carbocycles. The molecular weight excluding hydrogens is 295 g/mol. The van der Waals surface area contributed by atoms with E-state index in [1.807, 2.05) is 12.3 Å². The highest BCUT2D eigenvalue weighted by Crippen LogP contribution is 2.36. The van der Waals surface area contributed by atoms with Gasteiger partial charge in [0, 0.05) is 21.5 Å². The van der Waals surface area contributed by atoms with Gasteiger partial charge in [-0.25, -0.2) is 4.98 Å². The van der Waals surface area contributed by atoms with Crippen molar-refractivity contribution in [2.24, 2.45) is 0 Å². The molecule has 0 spiro atoms. The van der Waals surface area contributed by atoms with Gasteiger partial charge in [0.05, 0.1) is 5.56 Å². The Labute approximate surface area is 115 Å². The molecule has 0 amide bonds. The Bertz CT molecular complexity index is 607. The number of nitrogens with zero attached hydrogens (tertiary/aromatic N) is 1. The number of hydrogen-bond acceptors (Lipinski definition) is 4. The molecule has 7 heteroatoms. The van der Waals surface area contributed by atoms with Gasteiger partial charge in [-0.1, -0.05) is 11.8 Å². The highest BCUT2D eigenvalue weighted by molar-refractivity contribution is 8.01. The molecule has 0 aliphatic rings. The van der Waals surface area contributed by atoms with E-state index >= 15 is 0 Å². The summed E-state index contributed by atoms with van der Waals surface area (Å²) >= 11 is 2.52. The van der Waals surface area contributed by atoms with Gasteiger partial charge in [0.15, 0.2) is 10.6 Å². The molecule has 1 aromatic heterocycles. The van der Waals surface area contributed by atoms with Gasteiger partial charge in [0.1, 0.15) is 0 Å². The topological polar surface area (TPSA) is 30.0 Å². The fourth-order valence-corrected chi connectivity index (χ4v) is 3.28. The first-order chi connectivity index (χ1) is 8.90. The average Bonchev–Trinajstić information content (AvgIpc) is 2.73. The Balaban J connectivity index is 2.35. The maximum Gasteiger partial charge on any atom is 0.417 e. The van der Waals surface area contributed by atoms with Crippen LogP contribution in [0.1, 0.15) is 21.6 Å². The summed E-state index contributed by atoms with van der Waals surface area (Å²) in [4.78, 5) is 15.2. The first-order valence-electron chi connectivity index (χ1n) is 5.16. The van der Waals surface area contributed by atoms with Crippen LogP contribution in [0.2, 0.25) is 0 Å². The third-order valence-electron chi connectivity index (χ3n) is 2.26. The second-order valence-corrected chi connectivity index (χ2v) is 5.90. The number of halogens is 3. The molecule has 1 heterocycles. The van der Waals surface area contributed by atoms with Crippen LogP contribution in [0, 0.1) is 6.92 Å². The van der Waals surface area contributed by atoms with E-state index < -0.39 is 11.7 Å². The Hall–Kier alpha value is -1.34. The van der Waals surface area contributed by atoms with Crippen molar-refractivity contribution in [2.75, 3.05) is 0 Å². The lowest BCUT2D eigenvalue weighted by atomic mass is 10.1. The third-order valence-corrected chi connectivity index (χ3v) is 4.31. The van der Waals surface area contributed by atoms with Gasteiger partial charge in [-0.3, -0.25) is 4.79 Å². The van der Waals surface area contributed by atoms with Crippen molar-refractivity contribution >= 4 is 29.4 Å². The Kier molecular flexibility index (Phi) is 3.96. The molecule has 0 radical (unpaired) electrons. The highest BCUT2D eigenvalue weighted by Gasteiger charge is 2.33. The molecule has 2 rings (SSSR count). The van der Waals surface area contributed by atoms with Crippen molar-refractivity contribution in [3.63, 3.8) is 0 Å². The number of benzene rings is 1. The minimum Gasteiger partial charge on any atom is -0.298 e. The van der Waals surface area contributed by atoms with E-state index in [9.17, 15) is 18.0 Å². The lowest BCUT2D eigenvalue weighted by molar-refractivity contribution is -0.138. The summed E-state index contributed by atoms with van der Waals surface area (Å²) in [5.74, 6) is 0. The smallest absolute Gasteiger partial charge is 0.298 e. The zero-order valence-electron chi connectivity index (χ0n) is 9.69. The molecule has 0 unspecified atom stereocenters. The van der Waals surface area contributed by atoms with Gasteiger partial charge < -0.3 is 0 Å². The Morgan fingerprint density at radius 3 is 2.63 bits per heavy atom. The van der Waals surface area contributed by atoms with Crippen molar-refractivity contribution in [3.8, 4) is 0 Å². The number of carbonyl (C=O) groups is 1. The molecular formula is C12H8F3NOS2. The third kappa shape index (κ3) is 3.36. The van der Waals surface area contributed by atoms with Crippen LogP contribution >= 0.6 is 23.1 Å². The van der Waals surface area contributed by atoms with Crippen molar-refractivity contribution in [1.82, 2.24) is 4.98 Å². The summed E-state index contributed by atoms with van der Waals surface area (Å²) in [5, 5.41) is 1.83.